The van der Waals surface area contributed by atoms with E-state index in [9.17, 15) is 23.3 Å². The molecule has 0 atom stereocenters. The van der Waals surface area contributed by atoms with Gasteiger partial charge in [0.2, 0.25) is 0 Å². The summed E-state index contributed by atoms with van der Waals surface area (Å²) in [6, 6.07) is 4.24. The van der Waals surface area contributed by atoms with Crippen molar-refractivity contribution < 1.29 is 18.1 Å². The number of aryl methyl sites for hydroxylation is 1. The Kier molecular flexibility index (Phi) is 5.98. The van der Waals surface area contributed by atoms with Crippen LogP contribution in [0.2, 0.25) is 0 Å². The summed E-state index contributed by atoms with van der Waals surface area (Å²) in [4.78, 5) is 14.0. The van der Waals surface area contributed by atoms with Crippen LogP contribution in [0.3, 0.4) is 0 Å². The minimum atomic E-state index is -4.43. The summed E-state index contributed by atoms with van der Waals surface area (Å²) in [5, 5.41) is 16.3. The van der Waals surface area contributed by atoms with Gasteiger partial charge in [0.15, 0.2) is 5.82 Å². The third-order valence-electron chi connectivity index (χ3n) is 3.19. The molecule has 0 fully saturated rings. The third-order valence-corrected chi connectivity index (χ3v) is 3.19. The van der Waals surface area contributed by atoms with Gasteiger partial charge in [0, 0.05) is 31.2 Å². The normalized spacial score (nSPS) is 12.0. The second-order valence-electron chi connectivity index (χ2n) is 5.11. The molecule has 1 aromatic carbocycles. The molecule has 1 aromatic heterocycles. The van der Waals surface area contributed by atoms with Crippen LogP contribution in [0.15, 0.2) is 55.0 Å². The zero-order valence-corrected chi connectivity index (χ0v) is 13.0. The molecule has 1 heterocycles. The molecule has 2 rings (SSSR count). The van der Waals surface area contributed by atoms with E-state index in [1.165, 1.54) is 12.1 Å². The molecular weight excluding hydrogens is 339 g/mol. The maximum atomic E-state index is 12.5. The van der Waals surface area contributed by atoms with Gasteiger partial charge < -0.3 is 15.2 Å². The molecule has 0 spiro atoms. The topological polar surface area (TPSA) is 85.0 Å². The van der Waals surface area contributed by atoms with Gasteiger partial charge in [-0.2, -0.15) is 13.2 Å². The highest BCUT2D eigenvalue weighted by Gasteiger charge is 2.29. The van der Waals surface area contributed by atoms with Gasteiger partial charge in [-0.05, 0) is 30.7 Å². The standard InChI is InChI=1S/C15H16F3N5O2/c16-15(17,18)12-2-4-13(5-3-12)21-14(10-23(24)25)20-6-1-8-22-9-7-19-11-22/h2-5,7,9-11,20-21H,1,6,8H2/b14-10+. The third kappa shape index (κ3) is 6.16. The van der Waals surface area contributed by atoms with Crippen LogP contribution >= 0.6 is 0 Å². The summed E-state index contributed by atoms with van der Waals surface area (Å²) in [5.41, 5.74) is -0.477. The van der Waals surface area contributed by atoms with Crippen molar-refractivity contribution in [2.24, 2.45) is 0 Å². The number of imidazole rings is 1. The summed E-state index contributed by atoms with van der Waals surface area (Å²) < 4.78 is 39.5. The maximum Gasteiger partial charge on any atom is 0.416 e. The fraction of sp³-hybridized carbons (Fsp3) is 0.267. The van der Waals surface area contributed by atoms with Crippen molar-refractivity contribution in [1.82, 2.24) is 14.9 Å². The molecule has 7 nitrogen and oxygen atoms in total. The van der Waals surface area contributed by atoms with Gasteiger partial charge in [-0.15, -0.1) is 0 Å². The van der Waals surface area contributed by atoms with E-state index in [4.69, 9.17) is 0 Å². The number of hydrogen-bond acceptors (Lipinski definition) is 5. The van der Waals surface area contributed by atoms with Gasteiger partial charge in [0.05, 0.1) is 16.8 Å². The van der Waals surface area contributed by atoms with Crippen LogP contribution in [-0.2, 0) is 12.7 Å². The van der Waals surface area contributed by atoms with Crippen LogP contribution in [0.1, 0.15) is 12.0 Å². The van der Waals surface area contributed by atoms with Crippen molar-refractivity contribution in [2.45, 2.75) is 19.1 Å². The summed E-state index contributed by atoms with van der Waals surface area (Å²) in [5.74, 6) is 0.0930. The maximum absolute atomic E-state index is 12.5. The lowest BCUT2D eigenvalue weighted by Gasteiger charge is -2.13. The van der Waals surface area contributed by atoms with Gasteiger partial charge in [-0.3, -0.25) is 10.1 Å². The summed E-state index contributed by atoms with van der Waals surface area (Å²) in [6.45, 7) is 1.12. The molecule has 10 heteroatoms. The number of alkyl halides is 3. The van der Waals surface area contributed by atoms with Crippen molar-refractivity contribution in [1.29, 1.82) is 0 Å². The van der Waals surface area contributed by atoms with Crippen molar-refractivity contribution in [2.75, 3.05) is 11.9 Å². The van der Waals surface area contributed by atoms with E-state index < -0.39 is 16.7 Å². The van der Waals surface area contributed by atoms with Gasteiger partial charge in [0.1, 0.15) is 0 Å². The number of nitrogens with one attached hydrogen (secondary N) is 2. The lowest BCUT2D eigenvalue weighted by atomic mass is 10.2. The average Bonchev–Trinajstić information content (AvgIpc) is 3.04. The second kappa shape index (κ2) is 8.18. The van der Waals surface area contributed by atoms with Gasteiger partial charge in [-0.1, -0.05) is 0 Å². The Bertz CT molecular complexity index is 712. The van der Waals surface area contributed by atoms with E-state index in [-0.39, 0.29) is 5.82 Å². The molecule has 2 N–H and O–H groups in total. The second-order valence-corrected chi connectivity index (χ2v) is 5.11. The average molecular weight is 355 g/mol. The molecule has 0 saturated heterocycles. The molecule has 0 saturated carbocycles. The molecule has 0 aliphatic carbocycles. The fourth-order valence-electron chi connectivity index (χ4n) is 2.03. The lowest BCUT2D eigenvalue weighted by molar-refractivity contribution is -0.403. The van der Waals surface area contributed by atoms with Crippen LogP contribution < -0.4 is 10.6 Å². The van der Waals surface area contributed by atoms with Gasteiger partial charge in [0.25, 0.3) is 6.20 Å². The minimum Gasteiger partial charge on any atom is -0.366 e. The van der Waals surface area contributed by atoms with E-state index >= 15 is 0 Å². The predicted molar refractivity (Wildman–Crippen MR) is 85.0 cm³/mol. The number of anilines is 1. The molecule has 2 aromatic rings. The first kappa shape index (κ1) is 18.3. The molecular formula is C15H16F3N5O2. The highest BCUT2D eigenvalue weighted by molar-refractivity contribution is 5.49. The highest BCUT2D eigenvalue weighted by atomic mass is 19.4. The van der Waals surface area contributed by atoms with E-state index in [0.29, 0.717) is 25.2 Å². The minimum absolute atomic E-state index is 0.0930. The first-order valence-electron chi connectivity index (χ1n) is 7.34. The molecule has 0 aliphatic rings. The van der Waals surface area contributed by atoms with E-state index in [2.05, 4.69) is 15.6 Å². The fourth-order valence-corrected chi connectivity index (χ4v) is 2.03. The predicted octanol–water partition coefficient (Wildman–Crippen LogP) is 3.07. The van der Waals surface area contributed by atoms with Crippen LogP contribution in [0.25, 0.3) is 0 Å². The van der Waals surface area contributed by atoms with Crippen LogP contribution in [0.5, 0.6) is 0 Å². The van der Waals surface area contributed by atoms with E-state index in [1.54, 1.807) is 18.7 Å². The number of halogens is 3. The molecule has 0 unspecified atom stereocenters. The molecule has 134 valence electrons. The Morgan fingerprint density at radius 2 is 2.04 bits per heavy atom. The number of nitrogens with zero attached hydrogens (tertiary/aromatic N) is 3. The monoisotopic (exact) mass is 355 g/mol. The number of nitro groups is 1. The smallest absolute Gasteiger partial charge is 0.366 e. The summed E-state index contributed by atoms with van der Waals surface area (Å²) in [7, 11) is 0. The number of rotatable bonds is 8. The van der Waals surface area contributed by atoms with Crippen LogP contribution in [0.4, 0.5) is 18.9 Å². The van der Waals surface area contributed by atoms with Crippen molar-refractivity contribution in [3.63, 3.8) is 0 Å². The lowest BCUT2D eigenvalue weighted by Crippen LogP contribution is -2.23. The SMILES string of the molecule is O=[N+]([O-])/C=C(\NCCCn1ccnc1)Nc1ccc(C(F)(F)F)cc1. The molecule has 0 radical (unpaired) electrons. The van der Waals surface area contributed by atoms with Crippen molar-refractivity contribution in [3.8, 4) is 0 Å². The Morgan fingerprint density at radius 3 is 2.60 bits per heavy atom. The first-order chi connectivity index (χ1) is 11.8. The van der Waals surface area contributed by atoms with Gasteiger partial charge in [-0.25, -0.2) is 4.98 Å². The summed E-state index contributed by atoms with van der Waals surface area (Å²) in [6.07, 6.45) is 2.10. The zero-order chi connectivity index (χ0) is 18.3. The van der Waals surface area contributed by atoms with E-state index in [0.717, 1.165) is 18.3 Å². The zero-order valence-electron chi connectivity index (χ0n) is 13.0. The Balaban J connectivity index is 1.92. The van der Waals surface area contributed by atoms with Gasteiger partial charge >= 0.3 is 6.18 Å². The molecule has 0 bridgehead atoms. The highest BCUT2D eigenvalue weighted by Crippen LogP contribution is 2.29. The quantitative estimate of drug-likeness (QED) is 0.432. The number of benzene rings is 1. The Hall–Kier alpha value is -3.04. The Morgan fingerprint density at radius 1 is 1.32 bits per heavy atom. The largest absolute Gasteiger partial charge is 0.416 e. The van der Waals surface area contributed by atoms with Crippen molar-refractivity contribution >= 4 is 5.69 Å². The van der Waals surface area contributed by atoms with Crippen LogP contribution in [-0.4, -0.2) is 21.0 Å². The summed E-state index contributed by atoms with van der Waals surface area (Å²) >= 11 is 0. The molecule has 25 heavy (non-hydrogen) atoms. The Labute approximate surface area is 141 Å². The van der Waals surface area contributed by atoms with E-state index in [1.807, 2.05) is 4.57 Å². The first-order valence-corrected chi connectivity index (χ1v) is 7.34. The number of hydrogen-bond donors (Lipinski definition) is 2. The van der Waals surface area contributed by atoms with Crippen LogP contribution in [0, 0.1) is 10.1 Å². The molecule has 0 aliphatic heterocycles. The van der Waals surface area contributed by atoms with Crippen molar-refractivity contribution in [3.05, 3.63) is 70.7 Å². The number of aromatic nitrogens is 2. The molecule has 0 amide bonds.